The molecule has 0 heterocycles. The Kier molecular flexibility index (Phi) is 14.5. The molecule has 0 fully saturated rings. The molecule has 0 unspecified atom stereocenters. The third-order valence-corrected chi connectivity index (χ3v) is 0.287. The maximum absolute atomic E-state index is 9.81. The molecule has 0 aliphatic rings. The van der Waals surface area contributed by atoms with E-state index in [0.29, 0.717) is 0 Å². The molecule has 0 rings (SSSR count). The molecule has 0 aromatic carbocycles. The van der Waals surface area contributed by atoms with Crippen LogP contribution in [0.1, 0.15) is 13.8 Å². The van der Waals surface area contributed by atoms with Crippen molar-refractivity contribution in [3.05, 3.63) is 0 Å². The first-order chi connectivity index (χ1) is 3.13. The second kappa shape index (κ2) is 8.14. The molecule has 3 nitrogen and oxygen atoms in total. The van der Waals surface area contributed by atoms with Crippen molar-refractivity contribution < 1.29 is 47.6 Å². The van der Waals surface area contributed by atoms with Crippen LogP contribution in [-0.4, -0.2) is 11.9 Å². The van der Waals surface area contributed by atoms with Crippen molar-refractivity contribution >= 4 is 11.9 Å². The minimum atomic E-state index is -0.562. The van der Waals surface area contributed by atoms with E-state index in [9.17, 15) is 9.59 Å². The molecule has 0 atom stereocenters. The van der Waals surface area contributed by atoms with Crippen LogP contribution in [0.2, 0.25) is 0 Å². The Bertz CT molecular complexity index is 92.0. The van der Waals surface area contributed by atoms with Gasteiger partial charge in [-0.25, -0.2) is 0 Å². The molecule has 0 saturated carbocycles. The number of hydrogen-bond acceptors (Lipinski definition) is 3. The smallest absolute Gasteiger partial charge is 0.310 e. The van der Waals surface area contributed by atoms with Gasteiger partial charge in [0.2, 0.25) is 0 Å². The van der Waals surface area contributed by atoms with Gasteiger partial charge in [0, 0.05) is 47.1 Å². The fourth-order valence-electron chi connectivity index (χ4n) is 0.202. The third-order valence-electron chi connectivity index (χ3n) is 0.287. The molecule has 0 amide bonds. The average molecular weight is 220 g/mol. The number of hydrogen-bond donors (Lipinski definition) is 0. The second-order valence-corrected chi connectivity index (χ2v) is 1.09. The number of rotatable bonds is 0. The molecule has 0 saturated heterocycles. The van der Waals surface area contributed by atoms with Crippen molar-refractivity contribution in [1.29, 1.82) is 0 Å². The molecule has 0 aliphatic carbocycles. The molecule has 0 aromatic heterocycles. The van der Waals surface area contributed by atoms with Crippen LogP contribution < -0.4 is 0 Å². The largest absolute Gasteiger partial charge is 0.394 e. The van der Waals surface area contributed by atoms with E-state index in [2.05, 4.69) is 4.74 Å². The zero-order chi connectivity index (χ0) is 5.86. The minimum absolute atomic E-state index is 0. The predicted octanol–water partition coefficient (Wildman–Crippen LogP) is 0.0910. The molecular weight excluding hydrogens is 214 g/mol. The van der Waals surface area contributed by atoms with Crippen LogP contribution in [0.3, 0.4) is 0 Å². The SMILES string of the molecule is CC(=O)OC(C)=O.[Co].[Ni]. The molecule has 59 valence electrons. The van der Waals surface area contributed by atoms with Crippen molar-refractivity contribution in [3.63, 3.8) is 0 Å². The van der Waals surface area contributed by atoms with E-state index in [1.165, 1.54) is 13.8 Å². The number of carbonyl (C=O) groups is 2. The van der Waals surface area contributed by atoms with E-state index < -0.39 is 11.9 Å². The summed E-state index contributed by atoms with van der Waals surface area (Å²) in [7, 11) is 0. The Hall–Kier alpha value is 0.140. The van der Waals surface area contributed by atoms with Gasteiger partial charge >= 0.3 is 11.9 Å². The quantitative estimate of drug-likeness (QED) is 0.330. The molecule has 1 radical (unpaired) electrons. The Morgan fingerprint density at radius 2 is 1.33 bits per heavy atom. The fourth-order valence-corrected chi connectivity index (χ4v) is 0.202. The van der Waals surface area contributed by atoms with Crippen molar-refractivity contribution in [2.75, 3.05) is 0 Å². The Morgan fingerprint density at radius 3 is 1.33 bits per heavy atom. The van der Waals surface area contributed by atoms with Gasteiger partial charge in [-0.1, -0.05) is 0 Å². The summed E-state index contributed by atoms with van der Waals surface area (Å²) in [5, 5.41) is 0. The summed E-state index contributed by atoms with van der Waals surface area (Å²) in [6, 6.07) is 0. The summed E-state index contributed by atoms with van der Waals surface area (Å²) in [6.45, 7) is 2.36. The zero-order valence-corrected chi connectivity index (χ0v) is 6.90. The van der Waals surface area contributed by atoms with Crippen molar-refractivity contribution in [3.8, 4) is 0 Å². The normalized spacial score (nSPS) is 6.00. The van der Waals surface area contributed by atoms with Gasteiger partial charge < -0.3 is 4.74 Å². The molecule has 0 aliphatic heterocycles. The maximum Gasteiger partial charge on any atom is 0.310 e. The van der Waals surface area contributed by atoms with E-state index in [4.69, 9.17) is 0 Å². The Labute approximate surface area is 73.6 Å². The molecule has 0 N–H and O–H groups in total. The monoisotopic (exact) mass is 219 g/mol. The van der Waals surface area contributed by atoms with Crippen molar-refractivity contribution in [2.45, 2.75) is 13.8 Å². The van der Waals surface area contributed by atoms with Crippen LogP contribution in [0, 0.1) is 0 Å². The van der Waals surface area contributed by atoms with Crippen molar-refractivity contribution in [1.82, 2.24) is 0 Å². The summed E-state index contributed by atoms with van der Waals surface area (Å²) < 4.78 is 3.97. The van der Waals surface area contributed by atoms with Gasteiger partial charge in [0.1, 0.15) is 0 Å². The van der Waals surface area contributed by atoms with Crippen LogP contribution in [0.15, 0.2) is 0 Å². The van der Waals surface area contributed by atoms with Gasteiger partial charge in [-0.15, -0.1) is 0 Å². The van der Waals surface area contributed by atoms with Gasteiger partial charge in [0.05, 0.1) is 0 Å². The zero-order valence-electron chi connectivity index (χ0n) is 4.87. The average Bonchev–Trinajstić information content (AvgIpc) is 1.27. The molecule has 5 heteroatoms. The number of esters is 2. The van der Waals surface area contributed by atoms with Crippen LogP contribution in [-0.2, 0) is 47.6 Å². The summed E-state index contributed by atoms with van der Waals surface area (Å²) in [6.07, 6.45) is 0. The maximum atomic E-state index is 9.81. The van der Waals surface area contributed by atoms with Gasteiger partial charge in [-0.3, -0.25) is 9.59 Å². The summed E-state index contributed by atoms with van der Waals surface area (Å²) in [4.78, 5) is 19.6. The van der Waals surface area contributed by atoms with E-state index in [1.54, 1.807) is 0 Å². The van der Waals surface area contributed by atoms with Crippen molar-refractivity contribution in [2.24, 2.45) is 0 Å². The first kappa shape index (κ1) is 16.1. The minimum Gasteiger partial charge on any atom is -0.394 e. The van der Waals surface area contributed by atoms with E-state index in [1.807, 2.05) is 0 Å². The predicted molar refractivity (Wildman–Crippen MR) is 22.4 cm³/mol. The van der Waals surface area contributed by atoms with E-state index >= 15 is 0 Å². The summed E-state index contributed by atoms with van der Waals surface area (Å²) in [5.41, 5.74) is 0. The molecule has 0 bridgehead atoms. The molecule has 0 spiro atoms. The second-order valence-electron chi connectivity index (χ2n) is 1.09. The van der Waals surface area contributed by atoms with Gasteiger partial charge in [0.25, 0.3) is 0 Å². The van der Waals surface area contributed by atoms with Crippen LogP contribution in [0.25, 0.3) is 0 Å². The molecule has 9 heavy (non-hydrogen) atoms. The van der Waals surface area contributed by atoms with E-state index in [-0.39, 0.29) is 33.3 Å². The first-order valence-corrected chi connectivity index (χ1v) is 1.82. The number of ether oxygens (including phenoxy) is 1. The Morgan fingerprint density at radius 1 is 1.11 bits per heavy atom. The molecular formula is C4H6CoNiO3. The van der Waals surface area contributed by atoms with Crippen LogP contribution >= 0.6 is 0 Å². The van der Waals surface area contributed by atoms with Gasteiger partial charge in [0.15, 0.2) is 0 Å². The topological polar surface area (TPSA) is 43.4 Å². The first-order valence-electron chi connectivity index (χ1n) is 1.82. The summed E-state index contributed by atoms with van der Waals surface area (Å²) in [5.74, 6) is -1.12. The fraction of sp³-hybridized carbons (Fsp3) is 0.500. The van der Waals surface area contributed by atoms with Crippen LogP contribution in [0.5, 0.6) is 0 Å². The Balaban J connectivity index is -0.000000180. The van der Waals surface area contributed by atoms with Crippen LogP contribution in [0.4, 0.5) is 0 Å². The third kappa shape index (κ3) is 17.9. The number of carbonyl (C=O) groups excluding carboxylic acids is 2. The molecule has 0 aromatic rings. The standard InChI is InChI=1S/C4H6O3.Co.Ni/c1-3(5)7-4(2)6;;/h1-2H3;;. The van der Waals surface area contributed by atoms with Gasteiger partial charge in [-0.2, -0.15) is 0 Å². The van der Waals surface area contributed by atoms with E-state index in [0.717, 1.165) is 0 Å². The van der Waals surface area contributed by atoms with Gasteiger partial charge in [-0.05, 0) is 0 Å². The summed E-state index contributed by atoms with van der Waals surface area (Å²) >= 11 is 0.